The number of benzene rings is 7. The van der Waals surface area contributed by atoms with E-state index >= 15 is 0 Å². The van der Waals surface area contributed by atoms with Crippen LogP contribution in [-0.2, 0) is 108 Å². The highest BCUT2D eigenvalue weighted by molar-refractivity contribution is 6.78. The summed E-state index contributed by atoms with van der Waals surface area (Å²) in [4.78, 5) is 0. The third-order valence-electron chi connectivity index (χ3n) is 19.1. The molecule has 0 amide bonds. The maximum atomic E-state index is 5.89. The molecule has 32 nitrogen and oxygen atoms in total. The molecule has 1 aliphatic rings. The summed E-state index contributed by atoms with van der Waals surface area (Å²) in [5.74, 6) is 6.86. The van der Waals surface area contributed by atoms with Gasteiger partial charge < -0.3 is 145 Å². The number of hydrogen-bond acceptors (Lipinski definition) is 32. The Kier molecular flexibility index (Phi) is 67.9. The van der Waals surface area contributed by atoms with Gasteiger partial charge in [0.25, 0.3) is 0 Å². The lowest BCUT2D eigenvalue weighted by Gasteiger charge is -2.29. The van der Waals surface area contributed by atoms with Crippen LogP contribution in [0.5, 0.6) is 51.7 Å². The highest BCUT2D eigenvalue weighted by Crippen LogP contribution is 2.31. The summed E-state index contributed by atoms with van der Waals surface area (Å²) in [6.07, 6.45) is -0.557. The van der Waals surface area contributed by atoms with Crippen LogP contribution in [0.4, 0.5) is 0 Å². The molecule has 1 heterocycles. The fourth-order valence-electron chi connectivity index (χ4n) is 13.8. The maximum Gasteiger partial charge on any atom is 0.537 e. The minimum Gasteiger partial charge on any atom is -0.497 e. The van der Waals surface area contributed by atoms with E-state index in [1.165, 1.54) is 0 Å². The molecule has 0 fully saturated rings. The summed E-state index contributed by atoms with van der Waals surface area (Å²) >= 11 is 0. The molecule has 2 atom stereocenters. The van der Waals surface area contributed by atoms with Crippen LogP contribution in [-0.4, -0.2) is 274 Å². The van der Waals surface area contributed by atoms with E-state index in [9.17, 15) is 0 Å². The molecule has 39 heteroatoms. The molecule has 1 aliphatic heterocycles. The molecule has 0 aromatic heterocycles. The number of ether oxygens (including phenoxy) is 11. The van der Waals surface area contributed by atoms with Gasteiger partial charge in [-0.15, -0.1) is 0 Å². The Labute approximate surface area is 853 Å². The first-order valence-electron chi connectivity index (χ1n) is 49.7. The predicted octanol–water partition coefficient (Wildman–Crippen LogP) is 16.6. The average Bonchev–Trinajstić information content (AvgIpc) is 0.779. The summed E-state index contributed by atoms with van der Waals surface area (Å²) in [6, 6.07) is 50.8. The van der Waals surface area contributed by atoms with Crippen molar-refractivity contribution in [1.82, 2.24) is 0 Å². The molecule has 802 valence electrons. The Balaban J connectivity index is 0.000000557. The maximum absolute atomic E-state index is 5.89. The highest BCUT2D eigenvalue weighted by Gasteiger charge is 2.49. The monoisotopic (exact) mass is 2110 g/mol. The van der Waals surface area contributed by atoms with Crippen LogP contribution in [0.1, 0.15) is 193 Å². The Hall–Kier alpha value is -6.66. The minimum atomic E-state index is -2.93. The van der Waals surface area contributed by atoms with Crippen molar-refractivity contribution in [2.24, 2.45) is 0 Å². The van der Waals surface area contributed by atoms with Crippen molar-refractivity contribution < 1.29 is 145 Å². The van der Waals surface area contributed by atoms with Crippen molar-refractivity contribution in [3.8, 4) is 51.7 Å². The van der Waals surface area contributed by atoms with Crippen LogP contribution in [0.2, 0.25) is 0 Å². The second-order valence-electron chi connectivity index (χ2n) is 30.2. The number of fused-ring (bicyclic) bond motifs is 1. The molecular formula is C102H174O32Si7. The van der Waals surface area contributed by atoms with Gasteiger partial charge in [0.2, 0.25) is 0 Å². The van der Waals surface area contributed by atoms with E-state index in [-0.39, 0.29) is 18.2 Å². The lowest BCUT2D eigenvalue weighted by atomic mass is 10.2. The fraction of sp³-hybridized carbons (Fsp3) is 0.588. The van der Waals surface area contributed by atoms with Gasteiger partial charge in [-0.2, -0.15) is 0 Å². The average molecular weight is 2110 g/mol. The van der Waals surface area contributed by atoms with E-state index in [2.05, 4.69) is 0 Å². The lowest BCUT2D eigenvalue weighted by Crippen LogP contribution is -2.56. The van der Waals surface area contributed by atoms with Gasteiger partial charge in [0.05, 0.1) is 27.9 Å². The van der Waals surface area contributed by atoms with Crippen molar-refractivity contribution in [2.45, 2.75) is 211 Å². The largest absolute Gasteiger partial charge is 0.537 e. The van der Waals surface area contributed by atoms with Gasteiger partial charge in [0, 0.05) is 196 Å². The van der Waals surface area contributed by atoms with Crippen LogP contribution in [0.25, 0.3) is 0 Å². The summed E-state index contributed by atoms with van der Waals surface area (Å²) in [5, 5.41) is 5.60. The second-order valence-corrected chi connectivity index (χ2v) is 48.1. The zero-order chi connectivity index (χ0) is 105. The second kappa shape index (κ2) is 73.4. The van der Waals surface area contributed by atoms with Crippen LogP contribution < -0.4 is 73.8 Å². The van der Waals surface area contributed by atoms with E-state index < -0.39 is 61.6 Å². The van der Waals surface area contributed by atoms with E-state index in [4.69, 9.17) is 145 Å². The summed E-state index contributed by atoms with van der Waals surface area (Å²) in [6.45, 7) is 66.1. The van der Waals surface area contributed by atoms with Gasteiger partial charge in [0.15, 0.2) is 24.1 Å². The summed E-state index contributed by atoms with van der Waals surface area (Å²) in [7, 11) is -11.5. The topological polar surface area (TPSA) is 295 Å². The summed E-state index contributed by atoms with van der Waals surface area (Å²) < 4.78 is 183. The Morgan fingerprint density at radius 1 is 0.241 bits per heavy atom. The normalized spacial score (nSPS) is 12.6. The van der Waals surface area contributed by atoms with Crippen LogP contribution in [0, 0.1) is 0 Å². The molecule has 2 unspecified atom stereocenters. The molecule has 7 aromatic rings. The van der Waals surface area contributed by atoms with Crippen LogP contribution in [0.15, 0.2) is 158 Å². The molecule has 0 radical (unpaired) electrons. The van der Waals surface area contributed by atoms with Gasteiger partial charge in [-0.3, -0.25) is 0 Å². The van der Waals surface area contributed by atoms with Crippen LogP contribution >= 0.6 is 0 Å². The first-order chi connectivity index (χ1) is 67.9. The quantitative estimate of drug-likeness (QED) is 0.0253. The van der Waals surface area contributed by atoms with Gasteiger partial charge >= 0.3 is 61.6 Å². The van der Waals surface area contributed by atoms with Crippen molar-refractivity contribution in [3.63, 3.8) is 0 Å². The van der Waals surface area contributed by atoms with Gasteiger partial charge in [-0.25, -0.2) is 0 Å². The third kappa shape index (κ3) is 44.9. The molecule has 8 rings (SSSR count). The SMILES string of the molecule is CCO[Si](Cc1ccc(OC(C)OC)cc1)(OCC)OCC.CCO[Si](OCC)(OCC)c1cc(OC)cc(OC)c1.CCO[Si](OCC)(OCC)c1ccc(OC(C)(C)C)cc1.CCO[Si](OCC)(OCC)c1ccc(OC(C)OC)cc1.CCO[Si](OCC)(OCC)c1ccc(OC)cc1.CCO[Si](OCC)(OCC)c1ccc2c(c1)OCCO2.CCOc1ccc([Si](OCC)(OCC)OCC)cc1. The number of methoxy groups -OCH3 is 5. The van der Waals surface area contributed by atoms with Crippen molar-refractivity contribution >= 4 is 92.8 Å². The van der Waals surface area contributed by atoms with E-state index in [0.29, 0.717) is 176 Å². The van der Waals surface area contributed by atoms with E-state index in [0.717, 1.165) is 76.9 Å². The molecular weight excluding hydrogens is 1930 g/mol. The standard InChI is InChI=1S/C16H28O5Si.C16H28O4Si.C15H26O5Si.C14H22O5Si.C14H24O5Si.C14H24O4Si.C13H22O4Si/c1-6-18-22(19-7-2,20-8-3)13-15-9-11-16(12-10-15)21-14(4)17-5;1-7-17-21(18-8-2,19-9-3)15-12-10-14(11-13-15)20-16(4,5)6;1-6-17-21(18-7-2,19-8-3)15-11-9-14(10-12-15)20-13(4)16-5;1-4-17-20(18-5-2,19-6-3)12-7-8-13-14(11-12)16-10-9-15-13;1-6-17-20(18-7-2,19-8-3)14-10-12(15-4)9-13(11-14)16-5;1-5-15-13-9-11-14(12-10-13)19(16-6-2,17-7-3)18-8-4;1-5-15-18(16-6-2,17-7-3)13-10-8-12(14-4)9-11-13/h9-12,14H,6-8,13H2,1-5H3;10-13H,7-9H2,1-6H3;9-13H,6-8H2,1-5H3;7-8,11H,4-6,9-10H2,1-3H3;9-11H,6-8H2,1-5H3;9-12H,5-8H2,1-4H3;8-11H,5-7H2,1-4H3. The molecule has 7 aromatic carbocycles. The minimum absolute atomic E-state index is 0.213. The molecule has 0 spiro atoms. The molecule has 141 heavy (non-hydrogen) atoms. The Bertz CT molecular complexity index is 4130. The Morgan fingerprint density at radius 3 is 0.745 bits per heavy atom. The third-order valence-corrected chi connectivity index (χ3v) is 40.4. The number of hydrogen-bond donors (Lipinski definition) is 0. The molecule has 0 N–H and O–H groups in total. The first-order valence-corrected chi connectivity index (χ1v) is 62.0. The van der Waals surface area contributed by atoms with Gasteiger partial charge in [0.1, 0.15) is 59.1 Å². The van der Waals surface area contributed by atoms with Crippen LogP contribution in [0.3, 0.4) is 0 Å². The smallest absolute Gasteiger partial charge is 0.497 e. The van der Waals surface area contributed by atoms with Crippen molar-refractivity contribution in [3.05, 3.63) is 163 Å². The molecule has 0 saturated heterocycles. The Morgan fingerprint density at radius 2 is 0.482 bits per heavy atom. The van der Waals surface area contributed by atoms with Gasteiger partial charge in [-0.05, 0) is 277 Å². The fourth-order valence-corrected chi connectivity index (χ4v) is 31.3. The molecule has 0 aliphatic carbocycles. The van der Waals surface area contributed by atoms with Gasteiger partial charge in [-0.1, -0.05) is 66.7 Å². The molecule has 0 saturated carbocycles. The van der Waals surface area contributed by atoms with E-state index in [1.54, 1.807) is 35.5 Å². The highest BCUT2D eigenvalue weighted by atomic mass is 28.4. The zero-order valence-electron chi connectivity index (χ0n) is 90.9. The lowest BCUT2D eigenvalue weighted by molar-refractivity contribution is -0.0385. The molecule has 0 bridgehead atoms. The van der Waals surface area contributed by atoms with Crippen molar-refractivity contribution in [2.75, 3.05) is 194 Å². The predicted molar refractivity (Wildman–Crippen MR) is 567 cm³/mol. The zero-order valence-corrected chi connectivity index (χ0v) is 97.9. The number of rotatable bonds is 62. The van der Waals surface area contributed by atoms with Crippen molar-refractivity contribution in [1.29, 1.82) is 0 Å². The summed E-state index contributed by atoms with van der Waals surface area (Å²) in [5.41, 5.74) is 0.898. The first kappa shape index (κ1) is 130. The van der Waals surface area contributed by atoms with E-state index in [1.807, 2.05) is 345 Å².